The maximum absolute atomic E-state index is 5.34. The highest BCUT2D eigenvalue weighted by Gasteiger charge is 2.01. The number of benzene rings is 2. The van der Waals surface area contributed by atoms with Gasteiger partial charge in [-0.3, -0.25) is 0 Å². The van der Waals surface area contributed by atoms with E-state index in [-0.39, 0.29) is 0 Å². The quantitative estimate of drug-likeness (QED) is 0.707. The fourth-order valence-electron chi connectivity index (χ4n) is 2.15. The summed E-state index contributed by atoms with van der Waals surface area (Å²) >= 11 is 0. The SMILES string of the molecule is C1=Cc2ccccc2CO1.C1=Cc2ccccc2OC1. The van der Waals surface area contributed by atoms with Crippen molar-refractivity contribution in [1.29, 1.82) is 0 Å². The predicted molar refractivity (Wildman–Crippen MR) is 81.2 cm³/mol. The van der Waals surface area contributed by atoms with Gasteiger partial charge in [0.25, 0.3) is 0 Å². The minimum Gasteiger partial charge on any atom is -0.496 e. The van der Waals surface area contributed by atoms with Gasteiger partial charge in [-0.2, -0.15) is 0 Å². The van der Waals surface area contributed by atoms with Gasteiger partial charge in [0, 0.05) is 5.56 Å². The lowest BCUT2D eigenvalue weighted by molar-refractivity contribution is 0.234. The summed E-state index contributed by atoms with van der Waals surface area (Å²) in [7, 11) is 0. The average Bonchev–Trinajstić information content (AvgIpc) is 2.56. The summed E-state index contributed by atoms with van der Waals surface area (Å²) in [4.78, 5) is 0. The van der Waals surface area contributed by atoms with E-state index in [1.807, 2.05) is 48.6 Å². The van der Waals surface area contributed by atoms with E-state index in [9.17, 15) is 0 Å². The Hall–Kier alpha value is -2.48. The first-order valence-corrected chi connectivity index (χ1v) is 6.68. The van der Waals surface area contributed by atoms with E-state index in [0.29, 0.717) is 13.2 Å². The van der Waals surface area contributed by atoms with E-state index in [1.54, 1.807) is 6.26 Å². The molecule has 2 heterocycles. The third kappa shape index (κ3) is 2.91. The predicted octanol–water partition coefficient (Wildman–Crippen LogP) is 4.28. The van der Waals surface area contributed by atoms with Crippen molar-refractivity contribution < 1.29 is 9.47 Å². The lowest BCUT2D eigenvalue weighted by Crippen LogP contribution is -1.98. The minimum absolute atomic E-state index is 0.705. The van der Waals surface area contributed by atoms with E-state index >= 15 is 0 Å². The molecule has 0 bridgehead atoms. The van der Waals surface area contributed by atoms with Crippen LogP contribution < -0.4 is 4.74 Å². The first kappa shape index (κ1) is 12.5. The largest absolute Gasteiger partial charge is 0.496 e. The molecular weight excluding hydrogens is 248 g/mol. The van der Waals surface area contributed by atoms with E-state index in [2.05, 4.69) is 18.2 Å². The molecule has 4 rings (SSSR count). The molecule has 2 nitrogen and oxygen atoms in total. The third-order valence-corrected chi connectivity index (χ3v) is 3.19. The maximum Gasteiger partial charge on any atom is 0.126 e. The fourth-order valence-corrected chi connectivity index (χ4v) is 2.15. The van der Waals surface area contributed by atoms with Crippen LogP contribution in [0.2, 0.25) is 0 Å². The molecule has 20 heavy (non-hydrogen) atoms. The monoisotopic (exact) mass is 264 g/mol. The van der Waals surface area contributed by atoms with Gasteiger partial charge in [0.2, 0.25) is 0 Å². The Bertz CT molecular complexity index is 584. The smallest absolute Gasteiger partial charge is 0.126 e. The van der Waals surface area contributed by atoms with Crippen LogP contribution in [0.4, 0.5) is 0 Å². The summed E-state index contributed by atoms with van der Waals surface area (Å²) < 4.78 is 10.5. The van der Waals surface area contributed by atoms with Gasteiger partial charge in [-0.05, 0) is 29.3 Å². The zero-order valence-electron chi connectivity index (χ0n) is 11.2. The second-order valence-electron chi connectivity index (χ2n) is 4.56. The van der Waals surface area contributed by atoms with Crippen LogP contribution in [-0.2, 0) is 11.3 Å². The van der Waals surface area contributed by atoms with Gasteiger partial charge < -0.3 is 9.47 Å². The first-order valence-electron chi connectivity index (χ1n) is 6.68. The standard InChI is InChI=1S/2C9H8O/c1-2-6-9-8(4-1)5-3-7-10-9;1-2-4-9-7-10-6-5-8(9)3-1/h2*1-6H,7H2. The number of hydrogen-bond acceptors (Lipinski definition) is 2. The van der Waals surface area contributed by atoms with Crippen LogP contribution in [0.3, 0.4) is 0 Å². The number of fused-ring (bicyclic) bond motifs is 2. The van der Waals surface area contributed by atoms with Crippen molar-refractivity contribution in [1.82, 2.24) is 0 Å². The summed E-state index contributed by atoms with van der Waals surface area (Å²) in [6.07, 6.45) is 7.82. The molecule has 2 heteroatoms. The molecule has 2 aliphatic rings. The van der Waals surface area contributed by atoms with Crippen molar-refractivity contribution in [2.45, 2.75) is 6.61 Å². The van der Waals surface area contributed by atoms with Crippen LogP contribution in [0.15, 0.2) is 60.9 Å². The molecule has 0 radical (unpaired) electrons. The molecule has 2 aromatic carbocycles. The Kier molecular flexibility index (Phi) is 3.83. The zero-order valence-corrected chi connectivity index (χ0v) is 11.2. The molecule has 0 spiro atoms. The second kappa shape index (κ2) is 6.11. The molecule has 0 N–H and O–H groups in total. The number of para-hydroxylation sites is 1. The van der Waals surface area contributed by atoms with Gasteiger partial charge in [-0.15, -0.1) is 0 Å². The minimum atomic E-state index is 0.705. The van der Waals surface area contributed by atoms with Gasteiger partial charge in [0.05, 0.1) is 6.26 Å². The van der Waals surface area contributed by atoms with Gasteiger partial charge >= 0.3 is 0 Å². The lowest BCUT2D eigenvalue weighted by atomic mass is 10.1. The Labute approximate surface area is 119 Å². The molecule has 0 amide bonds. The molecular formula is C18H16O2. The van der Waals surface area contributed by atoms with E-state index < -0.39 is 0 Å². The molecule has 0 unspecified atom stereocenters. The van der Waals surface area contributed by atoms with Gasteiger partial charge in [-0.1, -0.05) is 48.5 Å². The van der Waals surface area contributed by atoms with E-state index in [0.717, 1.165) is 5.75 Å². The van der Waals surface area contributed by atoms with Crippen molar-refractivity contribution in [3.05, 3.63) is 77.6 Å². The number of hydrogen-bond donors (Lipinski definition) is 0. The van der Waals surface area contributed by atoms with Crippen molar-refractivity contribution in [3.63, 3.8) is 0 Å². The highest BCUT2D eigenvalue weighted by molar-refractivity contribution is 5.58. The number of ether oxygens (including phenoxy) is 2. The summed E-state index contributed by atoms with van der Waals surface area (Å²) in [6.45, 7) is 1.42. The Morgan fingerprint density at radius 2 is 1.60 bits per heavy atom. The van der Waals surface area contributed by atoms with Crippen LogP contribution >= 0.6 is 0 Å². The first-order chi connectivity index (χ1) is 9.93. The van der Waals surface area contributed by atoms with Crippen LogP contribution in [0.25, 0.3) is 12.2 Å². The highest BCUT2D eigenvalue weighted by atomic mass is 16.5. The average molecular weight is 264 g/mol. The van der Waals surface area contributed by atoms with Gasteiger partial charge in [-0.25, -0.2) is 0 Å². The Balaban J connectivity index is 0.000000121. The summed E-state index contributed by atoms with van der Waals surface area (Å²) in [5, 5.41) is 0. The maximum atomic E-state index is 5.34. The summed E-state index contributed by atoms with van der Waals surface area (Å²) in [5.74, 6) is 0.991. The van der Waals surface area contributed by atoms with Gasteiger partial charge in [0.1, 0.15) is 19.0 Å². The third-order valence-electron chi connectivity index (χ3n) is 3.19. The van der Waals surface area contributed by atoms with Crippen LogP contribution in [-0.4, -0.2) is 6.61 Å². The topological polar surface area (TPSA) is 18.5 Å². The lowest BCUT2D eigenvalue weighted by Gasteiger charge is -2.10. The second-order valence-corrected chi connectivity index (χ2v) is 4.56. The molecule has 2 aromatic rings. The Morgan fingerprint density at radius 3 is 2.45 bits per heavy atom. The van der Waals surface area contributed by atoms with Crippen molar-refractivity contribution in [3.8, 4) is 5.75 Å². The van der Waals surface area contributed by atoms with E-state index in [1.165, 1.54) is 16.7 Å². The Morgan fingerprint density at radius 1 is 0.800 bits per heavy atom. The molecule has 0 atom stereocenters. The van der Waals surface area contributed by atoms with Crippen LogP contribution in [0, 0.1) is 0 Å². The highest BCUT2D eigenvalue weighted by Crippen LogP contribution is 2.21. The van der Waals surface area contributed by atoms with Crippen molar-refractivity contribution in [2.24, 2.45) is 0 Å². The summed E-state index contributed by atoms with van der Waals surface area (Å²) in [6, 6.07) is 16.3. The molecule has 0 saturated heterocycles. The normalized spacial score (nSPS) is 14.0. The molecule has 0 fully saturated rings. The van der Waals surface area contributed by atoms with Crippen molar-refractivity contribution >= 4 is 12.2 Å². The van der Waals surface area contributed by atoms with Crippen LogP contribution in [0.5, 0.6) is 5.75 Å². The molecule has 0 aromatic heterocycles. The number of rotatable bonds is 0. The molecule has 2 aliphatic heterocycles. The van der Waals surface area contributed by atoms with Crippen LogP contribution in [0.1, 0.15) is 16.7 Å². The molecule has 100 valence electrons. The molecule has 0 saturated carbocycles. The van der Waals surface area contributed by atoms with Crippen molar-refractivity contribution in [2.75, 3.05) is 6.61 Å². The fraction of sp³-hybridized carbons (Fsp3) is 0.111. The van der Waals surface area contributed by atoms with E-state index in [4.69, 9.17) is 9.47 Å². The van der Waals surface area contributed by atoms with Gasteiger partial charge in [0.15, 0.2) is 0 Å². The molecule has 0 aliphatic carbocycles. The zero-order chi connectivity index (χ0) is 13.6. The summed E-state index contributed by atoms with van der Waals surface area (Å²) in [5.41, 5.74) is 3.72.